The molecule has 5 heteroatoms. The van der Waals surface area contributed by atoms with Crippen LogP contribution >= 0.6 is 0 Å². The van der Waals surface area contributed by atoms with Crippen LogP contribution in [0.5, 0.6) is 17.2 Å². The van der Waals surface area contributed by atoms with E-state index in [4.69, 9.17) is 18.6 Å². The smallest absolute Gasteiger partial charge is 0.383 e. The molecule has 0 spiro atoms. The van der Waals surface area contributed by atoms with Gasteiger partial charge in [0.15, 0.2) is 5.75 Å². The van der Waals surface area contributed by atoms with E-state index in [1.165, 1.54) is 11.1 Å². The second kappa shape index (κ2) is 12.7. The number of rotatable bonds is 12. The standard InChI is InChI=1S/C26H34O5/c1-6-7-8-9-16-29-24-22-14-13-21(28-5)18-23(22)31-26(27)25(24)30-17-15-20(4)12-10-11-19(2)3/h7-8,11,13-15,18H,6,9-10,12,16-17H2,1-5H3/b8-7?,20-15+. The van der Waals surface area contributed by atoms with E-state index in [1.54, 1.807) is 13.2 Å². The van der Waals surface area contributed by atoms with E-state index < -0.39 is 5.63 Å². The molecule has 168 valence electrons. The van der Waals surface area contributed by atoms with E-state index in [9.17, 15) is 4.79 Å². The van der Waals surface area contributed by atoms with Crippen molar-refractivity contribution < 1.29 is 18.6 Å². The molecule has 5 nitrogen and oxygen atoms in total. The van der Waals surface area contributed by atoms with Crippen LogP contribution in [0.2, 0.25) is 0 Å². The summed E-state index contributed by atoms with van der Waals surface area (Å²) in [4.78, 5) is 12.7. The van der Waals surface area contributed by atoms with E-state index >= 15 is 0 Å². The first-order valence-corrected chi connectivity index (χ1v) is 10.8. The molecule has 0 aliphatic heterocycles. The van der Waals surface area contributed by atoms with Crippen molar-refractivity contribution in [3.8, 4) is 17.2 Å². The van der Waals surface area contributed by atoms with Crippen molar-refractivity contribution in [3.63, 3.8) is 0 Å². The number of hydrogen-bond donors (Lipinski definition) is 0. The van der Waals surface area contributed by atoms with Crippen LogP contribution in [0.1, 0.15) is 53.4 Å². The summed E-state index contributed by atoms with van der Waals surface area (Å²) in [5, 5.41) is 0.680. The molecule has 0 bridgehead atoms. The molecule has 2 aromatic rings. The molecule has 1 aromatic carbocycles. The predicted octanol–water partition coefficient (Wildman–Crippen LogP) is 6.61. The van der Waals surface area contributed by atoms with Crippen molar-refractivity contribution in [2.45, 2.75) is 53.4 Å². The summed E-state index contributed by atoms with van der Waals surface area (Å²) >= 11 is 0. The maximum Gasteiger partial charge on any atom is 0.383 e. The van der Waals surface area contributed by atoms with Crippen LogP contribution in [0.25, 0.3) is 11.0 Å². The molecule has 31 heavy (non-hydrogen) atoms. The summed E-state index contributed by atoms with van der Waals surface area (Å²) in [5.74, 6) is 1.12. The minimum atomic E-state index is -0.560. The molecule has 0 radical (unpaired) electrons. The monoisotopic (exact) mass is 426 g/mol. The van der Waals surface area contributed by atoms with Crippen molar-refractivity contribution in [2.24, 2.45) is 0 Å². The Kier molecular flexibility index (Phi) is 9.95. The first-order chi connectivity index (χ1) is 15.0. The summed E-state index contributed by atoms with van der Waals surface area (Å²) in [6.07, 6.45) is 12.0. The van der Waals surface area contributed by atoms with Gasteiger partial charge in [0.2, 0.25) is 5.75 Å². The second-order valence-electron chi connectivity index (χ2n) is 7.61. The van der Waals surface area contributed by atoms with Gasteiger partial charge in [0, 0.05) is 6.07 Å². The first kappa shape index (κ1) is 24.3. The van der Waals surface area contributed by atoms with E-state index in [0.717, 1.165) is 25.7 Å². The molecule has 0 amide bonds. The van der Waals surface area contributed by atoms with Gasteiger partial charge in [-0.1, -0.05) is 36.3 Å². The van der Waals surface area contributed by atoms with Crippen molar-refractivity contribution in [1.29, 1.82) is 0 Å². The summed E-state index contributed by atoms with van der Waals surface area (Å²) < 4.78 is 22.6. The maximum atomic E-state index is 12.7. The maximum absolute atomic E-state index is 12.7. The number of fused-ring (bicyclic) bond motifs is 1. The third-order valence-corrected chi connectivity index (χ3v) is 4.71. The number of methoxy groups -OCH3 is 1. The van der Waals surface area contributed by atoms with Gasteiger partial charge in [-0.15, -0.1) is 0 Å². The van der Waals surface area contributed by atoms with Gasteiger partial charge in [-0.2, -0.15) is 0 Å². The van der Waals surface area contributed by atoms with Crippen molar-refractivity contribution in [2.75, 3.05) is 20.3 Å². The third kappa shape index (κ3) is 7.67. The van der Waals surface area contributed by atoms with Gasteiger partial charge >= 0.3 is 5.63 Å². The Morgan fingerprint density at radius 2 is 1.84 bits per heavy atom. The largest absolute Gasteiger partial charge is 0.497 e. The molecular weight excluding hydrogens is 392 g/mol. The molecule has 0 aliphatic rings. The average molecular weight is 427 g/mol. The lowest BCUT2D eigenvalue weighted by molar-refractivity contribution is 0.279. The summed E-state index contributed by atoms with van der Waals surface area (Å²) in [6, 6.07) is 5.31. The van der Waals surface area contributed by atoms with Crippen LogP contribution in [-0.4, -0.2) is 20.3 Å². The molecule has 0 saturated carbocycles. The fraction of sp³-hybridized carbons (Fsp3) is 0.423. The normalized spacial score (nSPS) is 11.7. The molecule has 0 unspecified atom stereocenters. The van der Waals surface area contributed by atoms with Crippen LogP contribution in [0, 0.1) is 0 Å². The average Bonchev–Trinajstić information content (AvgIpc) is 2.74. The SMILES string of the molecule is CCC=CCCOc1c(OC/C=C(\C)CCC=C(C)C)c(=O)oc2cc(OC)ccc12. The molecule has 0 N–H and O–H groups in total. The Labute approximate surface area is 185 Å². The van der Waals surface area contributed by atoms with Gasteiger partial charge in [0.05, 0.1) is 19.1 Å². The molecule has 0 aliphatic carbocycles. The molecular formula is C26H34O5. The van der Waals surface area contributed by atoms with Gasteiger partial charge in [-0.25, -0.2) is 4.79 Å². The number of ether oxygens (including phenoxy) is 3. The lowest BCUT2D eigenvalue weighted by Gasteiger charge is -2.13. The molecule has 1 heterocycles. The van der Waals surface area contributed by atoms with Crippen molar-refractivity contribution in [3.05, 3.63) is 64.1 Å². The Hall–Kier alpha value is -2.95. The minimum absolute atomic E-state index is 0.102. The van der Waals surface area contributed by atoms with E-state index in [2.05, 4.69) is 45.9 Å². The first-order valence-electron chi connectivity index (χ1n) is 10.8. The number of allylic oxidation sites excluding steroid dienone is 4. The highest BCUT2D eigenvalue weighted by molar-refractivity contribution is 5.86. The summed E-state index contributed by atoms with van der Waals surface area (Å²) in [6.45, 7) is 9.05. The van der Waals surface area contributed by atoms with Crippen LogP contribution in [-0.2, 0) is 0 Å². The Bertz CT molecular complexity index is 991. The van der Waals surface area contributed by atoms with E-state index in [-0.39, 0.29) is 12.4 Å². The highest BCUT2D eigenvalue weighted by atomic mass is 16.5. The van der Waals surface area contributed by atoms with Gasteiger partial charge < -0.3 is 18.6 Å². The lowest BCUT2D eigenvalue weighted by Crippen LogP contribution is -2.11. The third-order valence-electron chi connectivity index (χ3n) is 4.71. The summed E-state index contributed by atoms with van der Waals surface area (Å²) in [7, 11) is 1.57. The Morgan fingerprint density at radius 3 is 2.55 bits per heavy atom. The fourth-order valence-electron chi connectivity index (χ4n) is 3.00. The number of hydrogen-bond acceptors (Lipinski definition) is 5. The second-order valence-corrected chi connectivity index (χ2v) is 7.61. The predicted molar refractivity (Wildman–Crippen MR) is 126 cm³/mol. The molecule has 0 saturated heterocycles. The van der Waals surface area contributed by atoms with E-state index in [0.29, 0.717) is 29.1 Å². The highest BCUT2D eigenvalue weighted by Crippen LogP contribution is 2.34. The molecule has 1 aromatic heterocycles. The topological polar surface area (TPSA) is 57.9 Å². The molecule has 2 rings (SSSR count). The van der Waals surface area contributed by atoms with Gasteiger partial charge in [0.1, 0.15) is 17.9 Å². The Morgan fingerprint density at radius 1 is 1.03 bits per heavy atom. The van der Waals surface area contributed by atoms with Crippen LogP contribution < -0.4 is 19.8 Å². The zero-order chi connectivity index (χ0) is 22.6. The zero-order valence-corrected chi connectivity index (χ0v) is 19.3. The number of benzene rings is 1. The van der Waals surface area contributed by atoms with Crippen LogP contribution in [0.4, 0.5) is 0 Å². The zero-order valence-electron chi connectivity index (χ0n) is 19.3. The minimum Gasteiger partial charge on any atom is -0.497 e. The van der Waals surface area contributed by atoms with Gasteiger partial charge in [-0.05, 0) is 64.7 Å². The highest BCUT2D eigenvalue weighted by Gasteiger charge is 2.18. The van der Waals surface area contributed by atoms with Crippen LogP contribution in [0.15, 0.2) is 62.9 Å². The van der Waals surface area contributed by atoms with Crippen LogP contribution in [0.3, 0.4) is 0 Å². The molecule has 0 fully saturated rings. The van der Waals surface area contributed by atoms with Crippen molar-refractivity contribution >= 4 is 11.0 Å². The van der Waals surface area contributed by atoms with E-state index in [1.807, 2.05) is 18.2 Å². The van der Waals surface area contributed by atoms with Crippen molar-refractivity contribution in [1.82, 2.24) is 0 Å². The van der Waals surface area contributed by atoms with Gasteiger partial charge in [0.25, 0.3) is 0 Å². The molecule has 0 atom stereocenters. The summed E-state index contributed by atoms with van der Waals surface area (Å²) in [5.41, 5.74) is 2.37. The quantitative estimate of drug-likeness (QED) is 0.217. The lowest BCUT2D eigenvalue weighted by atomic mass is 10.1. The fourth-order valence-corrected chi connectivity index (χ4v) is 3.00. The van der Waals surface area contributed by atoms with Gasteiger partial charge in [-0.3, -0.25) is 0 Å². The Balaban J connectivity index is 2.25.